The Labute approximate surface area is 351 Å². The van der Waals surface area contributed by atoms with Gasteiger partial charge in [-0.25, -0.2) is 4.79 Å². The molecule has 0 aliphatic heterocycles. The van der Waals surface area contributed by atoms with Crippen molar-refractivity contribution in [1.29, 1.82) is 0 Å². The van der Waals surface area contributed by atoms with Crippen LogP contribution in [0.2, 0.25) is 0 Å². The second kappa shape index (κ2) is 22.4. The fraction of sp³-hybridized carbons (Fsp3) is 0.721. The van der Waals surface area contributed by atoms with E-state index in [-0.39, 0.29) is 58.8 Å². The minimum absolute atomic E-state index is 0.0782. The second-order valence-corrected chi connectivity index (χ2v) is 19.5. The molecule has 16 heteroatoms. The number of benzene rings is 1. The average Bonchev–Trinajstić information content (AvgIpc) is 2.97. The van der Waals surface area contributed by atoms with Crippen LogP contribution in [0.5, 0.6) is 5.75 Å². The van der Waals surface area contributed by atoms with Gasteiger partial charge in [-0.3, -0.25) is 38.7 Å². The molecule has 1 aromatic carbocycles. The summed E-state index contributed by atoms with van der Waals surface area (Å²) in [5.41, 5.74) is -3.29. The minimum Gasteiger partial charge on any atom is -0.482 e. The van der Waals surface area contributed by atoms with Crippen LogP contribution in [0.15, 0.2) is 24.3 Å². The van der Waals surface area contributed by atoms with Gasteiger partial charge in [-0.2, -0.15) is 0 Å². The molecule has 0 heterocycles. The van der Waals surface area contributed by atoms with E-state index in [0.717, 1.165) is 5.56 Å². The number of hydrogen-bond donors (Lipinski definition) is 1. The van der Waals surface area contributed by atoms with E-state index in [4.69, 9.17) is 33.5 Å². The number of carboxylic acid groups (broad SMARTS) is 1. The highest BCUT2D eigenvalue weighted by molar-refractivity contribution is 5.76. The minimum atomic E-state index is -1.13. The summed E-state index contributed by atoms with van der Waals surface area (Å²) in [7, 11) is 0. The normalized spacial score (nSPS) is 13.2. The lowest BCUT2D eigenvalue weighted by molar-refractivity contribution is -0.162. The molecule has 0 aromatic heterocycles. The first kappa shape index (κ1) is 52.7. The number of hydrogen-bond acceptors (Lipinski definition) is 15. The lowest BCUT2D eigenvalue weighted by Gasteiger charge is -2.36. The Morgan fingerprint density at radius 3 is 1.17 bits per heavy atom. The lowest BCUT2D eigenvalue weighted by atomic mass is 10.0. The predicted octanol–water partition coefficient (Wildman–Crippen LogP) is 4.68. The van der Waals surface area contributed by atoms with Gasteiger partial charge >= 0.3 is 35.8 Å². The summed E-state index contributed by atoms with van der Waals surface area (Å²) in [4.78, 5) is 82.5. The Morgan fingerprint density at radius 2 is 0.831 bits per heavy atom. The van der Waals surface area contributed by atoms with E-state index >= 15 is 0 Å². The van der Waals surface area contributed by atoms with Crippen LogP contribution >= 0.6 is 0 Å². The molecular formula is C43H71N3O13. The summed E-state index contributed by atoms with van der Waals surface area (Å²) in [6.07, 6.45) is 0.231. The molecule has 0 aliphatic carbocycles. The van der Waals surface area contributed by atoms with Gasteiger partial charge in [0.05, 0.1) is 32.7 Å². The molecular weight excluding hydrogens is 766 g/mol. The fourth-order valence-electron chi connectivity index (χ4n) is 5.54. The Bertz CT molecular complexity index is 1480. The lowest BCUT2D eigenvalue weighted by Crippen LogP contribution is -2.52. The quantitative estimate of drug-likeness (QED) is 0.133. The summed E-state index contributed by atoms with van der Waals surface area (Å²) in [6.45, 7) is 24.5. The van der Waals surface area contributed by atoms with Crippen LogP contribution in [0, 0.1) is 0 Å². The van der Waals surface area contributed by atoms with Gasteiger partial charge in [0.25, 0.3) is 0 Å². The molecule has 0 radical (unpaired) electrons. The summed E-state index contributed by atoms with van der Waals surface area (Å²) >= 11 is 0. The first-order valence-corrected chi connectivity index (χ1v) is 19.9. The van der Waals surface area contributed by atoms with E-state index in [1.807, 2.05) is 0 Å². The largest absolute Gasteiger partial charge is 0.482 e. The molecule has 1 unspecified atom stereocenters. The number of esters is 5. The molecule has 0 spiro atoms. The van der Waals surface area contributed by atoms with Gasteiger partial charge in [0.15, 0.2) is 6.61 Å². The Hall–Kier alpha value is -4.28. The highest BCUT2D eigenvalue weighted by Gasteiger charge is 2.32. The number of carbonyl (C=O) groups is 6. The van der Waals surface area contributed by atoms with E-state index in [9.17, 15) is 28.8 Å². The molecule has 0 aliphatic rings. The summed E-state index contributed by atoms with van der Waals surface area (Å²) < 4.78 is 33.5. The van der Waals surface area contributed by atoms with Crippen LogP contribution < -0.4 is 4.74 Å². The second-order valence-electron chi connectivity index (χ2n) is 19.5. The van der Waals surface area contributed by atoms with Gasteiger partial charge in [0.1, 0.15) is 33.8 Å². The van der Waals surface area contributed by atoms with Crippen molar-refractivity contribution >= 4 is 35.8 Å². The third-order valence-corrected chi connectivity index (χ3v) is 7.30. The zero-order valence-corrected chi connectivity index (χ0v) is 38.1. The van der Waals surface area contributed by atoms with Crippen LogP contribution in [0.25, 0.3) is 0 Å². The van der Waals surface area contributed by atoms with Crippen LogP contribution in [-0.4, -0.2) is 149 Å². The summed E-state index contributed by atoms with van der Waals surface area (Å²) in [5, 5.41) is 9.06. The van der Waals surface area contributed by atoms with Crippen LogP contribution in [-0.2, 0) is 58.9 Å². The monoisotopic (exact) mass is 837 g/mol. The smallest absolute Gasteiger partial charge is 0.341 e. The molecule has 16 nitrogen and oxygen atoms in total. The highest BCUT2D eigenvalue weighted by Crippen LogP contribution is 2.19. The van der Waals surface area contributed by atoms with E-state index in [0.29, 0.717) is 5.75 Å². The summed E-state index contributed by atoms with van der Waals surface area (Å²) in [6, 6.07) is 6.06. The molecule has 0 amide bonds. The molecule has 1 N–H and O–H groups in total. The van der Waals surface area contributed by atoms with E-state index in [1.165, 1.54) is 0 Å². The first-order chi connectivity index (χ1) is 26.7. The highest BCUT2D eigenvalue weighted by atomic mass is 16.6. The molecule has 1 atom stereocenters. The topological polar surface area (TPSA) is 188 Å². The molecule has 0 fully saturated rings. The fourth-order valence-corrected chi connectivity index (χ4v) is 5.54. The van der Waals surface area contributed by atoms with Gasteiger partial charge in [-0.15, -0.1) is 0 Å². The van der Waals surface area contributed by atoms with Crippen molar-refractivity contribution < 1.29 is 62.3 Å². The van der Waals surface area contributed by atoms with Crippen LogP contribution in [0.1, 0.15) is 109 Å². The average molecular weight is 838 g/mol. The van der Waals surface area contributed by atoms with Gasteiger partial charge in [-0.05, 0) is 128 Å². The van der Waals surface area contributed by atoms with E-state index < -0.39 is 76.5 Å². The zero-order chi connectivity index (χ0) is 45.6. The number of carbonyl (C=O) groups excluding carboxylic acids is 5. The number of carboxylic acids is 1. The van der Waals surface area contributed by atoms with Crippen LogP contribution in [0.3, 0.4) is 0 Å². The molecule has 59 heavy (non-hydrogen) atoms. The summed E-state index contributed by atoms with van der Waals surface area (Å²) in [5.74, 6) is -3.66. The number of rotatable bonds is 21. The third-order valence-electron chi connectivity index (χ3n) is 7.30. The van der Waals surface area contributed by atoms with Crippen molar-refractivity contribution in [3.8, 4) is 5.75 Å². The van der Waals surface area contributed by atoms with Crippen molar-refractivity contribution in [3.05, 3.63) is 29.8 Å². The van der Waals surface area contributed by atoms with Crippen molar-refractivity contribution in [2.75, 3.05) is 59.0 Å². The SMILES string of the molecule is CC(C)(C)OC(=O)CN(CCN(CC(=O)OC(C)(C)C)CC(Cc1ccc(OCC(=O)O)cc1)N(CC(=O)OC(C)(C)C)CC(=O)OC(C)(C)C)CC(=O)OC(C)(C)C. The van der Waals surface area contributed by atoms with Gasteiger partial charge in [-0.1, -0.05) is 12.1 Å². The van der Waals surface area contributed by atoms with Crippen molar-refractivity contribution in [3.63, 3.8) is 0 Å². The van der Waals surface area contributed by atoms with Crippen molar-refractivity contribution in [1.82, 2.24) is 14.7 Å². The maximum absolute atomic E-state index is 13.5. The number of ether oxygens (including phenoxy) is 6. The molecule has 0 saturated heterocycles. The number of aliphatic carboxylic acids is 1. The first-order valence-electron chi connectivity index (χ1n) is 19.9. The maximum atomic E-state index is 13.5. The van der Waals surface area contributed by atoms with Crippen molar-refractivity contribution in [2.45, 2.75) is 144 Å². The van der Waals surface area contributed by atoms with Crippen molar-refractivity contribution in [2.24, 2.45) is 0 Å². The van der Waals surface area contributed by atoms with E-state index in [1.54, 1.807) is 143 Å². The molecule has 1 rings (SSSR count). The maximum Gasteiger partial charge on any atom is 0.341 e. The van der Waals surface area contributed by atoms with Crippen LogP contribution in [0.4, 0.5) is 0 Å². The van der Waals surface area contributed by atoms with Gasteiger partial charge in [0.2, 0.25) is 0 Å². The third kappa shape index (κ3) is 27.2. The molecule has 0 bridgehead atoms. The number of nitrogens with zero attached hydrogens (tertiary/aromatic N) is 3. The Kier molecular flexibility index (Phi) is 20.0. The van der Waals surface area contributed by atoms with Gasteiger partial charge < -0.3 is 33.5 Å². The zero-order valence-electron chi connectivity index (χ0n) is 38.1. The predicted molar refractivity (Wildman–Crippen MR) is 221 cm³/mol. The Balaban J connectivity index is 3.79. The molecule has 336 valence electrons. The molecule has 1 aromatic rings. The van der Waals surface area contributed by atoms with E-state index in [2.05, 4.69) is 0 Å². The standard InChI is InChI=1S/C43H71N3O13/c1-39(2,3)55-34(49)24-44(20-21-45(25-35(50)56-40(4,5)6)26-36(51)57-41(7,8)9)23-31(22-30-16-18-32(19-17-30)54-29-33(47)48)46(27-37(52)58-42(10,11)12)28-38(53)59-43(13,14)15/h16-19,31H,20-29H2,1-15H3,(H,47,48). The van der Waals surface area contributed by atoms with Gasteiger partial charge in [0, 0.05) is 25.7 Å². The molecule has 0 saturated carbocycles. The Morgan fingerprint density at radius 1 is 0.508 bits per heavy atom.